The summed E-state index contributed by atoms with van der Waals surface area (Å²) in [5, 5.41) is 7.62. The van der Waals surface area contributed by atoms with Gasteiger partial charge in [0, 0.05) is 43.2 Å². The fourth-order valence-corrected chi connectivity index (χ4v) is 4.19. The van der Waals surface area contributed by atoms with Crippen LogP contribution in [0.4, 0.5) is 14.6 Å². The first-order valence-corrected chi connectivity index (χ1v) is 9.33. The maximum Gasteiger partial charge on any atom is 0.260 e. The van der Waals surface area contributed by atoms with Crippen LogP contribution in [-0.4, -0.2) is 51.1 Å². The topological polar surface area (TPSA) is 63.1 Å². The second-order valence-corrected chi connectivity index (χ2v) is 7.37. The number of hydrogen-bond acceptors (Lipinski definition) is 4. The molecule has 27 heavy (non-hydrogen) atoms. The molecule has 6 nitrogen and oxygen atoms in total. The highest BCUT2D eigenvalue weighted by molar-refractivity contribution is 5.94. The number of amides is 1. The number of aromatic nitrogens is 3. The van der Waals surface area contributed by atoms with E-state index >= 15 is 0 Å². The number of nitrogens with one attached hydrogen (secondary N) is 1. The van der Waals surface area contributed by atoms with Gasteiger partial charge in [-0.15, -0.1) is 0 Å². The van der Waals surface area contributed by atoms with E-state index in [1.54, 1.807) is 24.5 Å². The molecule has 4 heterocycles. The van der Waals surface area contributed by atoms with E-state index in [0.29, 0.717) is 30.9 Å². The molecule has 1 fully saturated rings. The van der Waals surface area contributed by atoms with Gasteiger partial charge in [0.1, 0.15) is 11.9 Å². The average molecular weight is 375 g/mol. The molecule has 0 spiro atoms. The van der Waals surface area contributed by atoms with E-state index in [-0.39, 0.29) is 17.9 Å². The molecule has 1 amide bonds. The van der Waals surface area contributed by atoms with E-state index in [4.69, 9.17) is 0 Å². The zero-order valence-corrected chi connectivity index (χ0v) is 15.2. The summed E-state index contributed by atoms with van der Waals surface area (Å²) < 4.78 is 28.5. The lowest BCUT2D eigenvalue weighted by Crippen LogP contribution is -2.46. The van der Waals surface area contributed by atoms with Crippen LogP contribution >= 0.6 is 0 Å². The van der Waals surface area contributed by atoms with Crippen LogP contribution in [0.15, 0.2) is 30.6 Å². The van der Waals surface area contributed by atoms with Crippen LogP contribution in [0.3, 0.4) is 0 Å². The number of alkyl halides is 2. The number of piperidine rings is 1. The van der Waals surface area contributed by atoms with Crippen molar-refractivity contribution >= 4 is 11.7 Å². The van der Waals surface area contributed by atoms with E-state index < -0.39 is 12.5 Å². The number of likely N-dealkylation sites (tertiary alicyclic amines) is 1. The van der Waals surface area contributed by atoms with Gasteiger partial charge in [-0.3, -0.25) is 9.78 Å². The van der Waals surface area contributed by atoms with Gasteiger partial charge in [0.25, 0.3) is 12.3 Å². The number of anilines is 1. The van der Waals surface area contributed by atoms with Gasteiger partial charge >= 0.3 is 0 Å². The van der Waals surface area contributed by atoms with E-state index in [9.17, 15) is 13.6 Å². The first kappa shape index (κ1) is 17.9. The lowest BCUT2D eigenvalue weighted by Gasteiger charge is -2.40. The highest BCUT2D eigenvalue weighted by atomic mass is 19.3. The van der Waals surface area contributed by atoms with Gasteiger partial charge in [0.05, 0.1) is 5.69 Å². The van der Waals surface area contributed by atoms with Crippen molar-refractivity contribution in [3.05, 3.63) is 41.9 Å². The summed E-state index contributed by atoms with van der Waals surface area (Å²) in [4.78, 5) is 18.3. The Bertz CT molecular complexity index is 802. The molecule has 0 saturated carbocycles. The number of pyridine rings is 1. The minimum atomic E-state index is -2.44. The Morgan fingerprint density at radius 3 is 2.63 bits per heavy atom. The van der Waals surface area contributed by atoms with E-state index in [1.165, 1.54) is 4.68 Å². The van der Waals surface area contributed by atoms with Gasteiger partial charge in [-0.05, 0) is 44.2 Å². The molecule has 0 unspecified atom stereocenters. The third-order valence-corrected chi connectivity index (χ3v) is 5.61. The molecular weight excluding hydrogens is 352 g/mol. The molecule has 8 heteroatoms. The van der Waals surface area contributed by atoms with Gasteiger partial charge in [-0.25, -0.2) is 13.5 Å². The molecule has 2 aliphatic heterocycles. The number of carbonyl (C=O) groups is 1. The quantitative estimate of drug-likeness (QED) is 0.895. The smallest absolute Gasteiger partial charge is 0.260 e. The maximum absolute atomic E-state index is 13.6. The standard InChI is InChI=1S/C19H23F2N5O/c1-12-10-17-23-15(11-16(18(20)21)26(17)24-12)13-4-8-25(9-5-13)19(27)14-2-6-22-7-3-14/h2-3,6-7,10,13,15-16,18,23H,4-5,8-9,11H2,1H3/t15-,16+/m0/s1. The number of hydrogen-bond donors (Lipinski definition) is 1. The van der Waals surface area contributed by atoms with E-state index in [0.717, 1.165) is 18.5 Å². The molecule has 0 bridgehead atoms. The van der Waals surface area contributed by atoms with Crippen molar-refractivity contribution in [3.63, 3.8) is 0 Å². The summed E-state index contributed by atoms with van der Waals surface area (Å²) in [6, 6.07) is 4.34. The average Bonchev–Trinajstić information content (AvgIpc) is 3.07. The van der Waals surface area contributed by atoms with Crippen LogP contribution < -0.4 is 5.32 Å². The summed E-state index contributed by atoms with van der Waals surface area (Å²) in [7, 11) is 0. The molecule has 1 saturated heterocycles. The lowest BCUT2D eigenvalue weighted by atomic mass is 9.85. The molecular formula is C19H23F2N5O. The summed E-state index contributed by atoms with van der Waals surface area (Å²) >= 11 is 0. The number of fused-ring (bicyclic) bond motifs is 1. The van der Waals surface area contributed by atoms with Crippen LogP contribution in [0.25, 0.3) is 0 Å². The monoisotopic (exact) mass is 375 g/mol. The third kappa shape index (κ3) is 3.52. The molecule has 1 N–H and O–H groups in total. The Hall–Kier alpha value is -2.51. The minimum Gasteiger partial charge on any atom is -0.367 e. The minimum absolute atomic E-state index is 0.00612. The first-order valence-electron chi connectivity index (χ1n) is 9.33. The Balaban J connectivity index is 1.42. The van der Waals surface area contributed by atoms with Crippen molar-refractivity contribution in [2.24, 2.45) is 5.92 Å². The molecule has 2 aromatic rings. The number of carbonyl (C=O) groups excluding carboxylic acids is 1. The van der Waals surface area contributed by atoms with Gasteiger partial charge in [0.15, 0.2) is 0 Å². The Kier molecular flexibility index (Phi) is 4.80. The predicted molar refractivity (Wildman–Crippen MR) is 96.9 cm³/mol. The van der Waals surface area contributed by atoms with Gasteiger partial charge in [-0.2, -0.15) is 5.10 Å². The number of rotatable bonds is 3. The zero-order valence-electron chi connectivity index (χ0n) is 15.2. The van der Waals surface area contributed by atoms with Crippen LogP contribution in [-0.2, 0) is 0 Å². The van der Waals surface area contributed by atoms with E-state index in [2.05, 4.69) is 15.4 Å². The van der Waals surface area contributed by atoms with Crippen molar-refractivity contribution in [1.29, 1.82) is 0 Å². The van der Waals surface area contributed by atoms with Crippen molar-refractivity contribution in [3.8, 4) is 0 Å². The van der Waals surface area contributed by atoms with Crippen LogP contribution in [0.5, 0.6) is 0 Å². The predicted octanol–water partition coefficient (Wildman–Crippen LogP) is 3.13. The molecule has 0 aromatic carbocycles. The Morgan fingerprint density at radius 1 is 1.26 bits per heavy atom. The summed E-state index contributed by atoms with van der Waals surface area (Å²) in [5.41, 5.74) is 1.37. The summed E-state index contributed by atoms with van der Waals surface area (Å²) in [6.07, 6.45) is 2.74. The van der Waals surface area contributed by atoms with Crippen LogP contribution in [0.2, 0.25) is 0 Å². The fraction of sp³-hybridized carbons (Fsp3) is 0.526. The largest absolute Gasteiger partial charge is 0.367 e. The molecule has 2 aliphatic rings. The molecule has 0 radical (unpaired) electrons. The van der Waals surface area contributed by atoms with Gasteiger partial charge in [-0.1, -0.05) is 0 Å². The van der Waals surface area contributed by atoms with Crippen molar-refractivity contribution in [1.82, 2.24) is 19.7 Å². The number of aryl methyl sites for hydroxylation is 1. The molecule has 2 aromatic heterocycles. The Labute approximate surface area is 156 Å². The van der Waals surface area contributed by atoms with E-state index in [1.807, 2.05) is 17.9 Å². The second kappa shape index (κ2) is 7.25. The second-order valence-electron chi connectivity index (χ2n) is 7.37. The highest BCUT2D eigenvalue weighted by Crippen LogP contribution is 2.37. The highest BCUT2D eigenvalue weighted by Gasteiger charge is 2.38. The van der Waals surface area contributed by atoms with Crippen molar-refractivity contribution < 1.29 is 13.6 Å². The lowest BCUT2D eigenvalue weighted by molar-refractivity contribution is 0.0539. The third-order valence-electron chi connectivity index (χ3n) is 5.61. The van der Waals surface area contributed by atoms with Crippen LogP contribution in [0.1, 0.15) is 41.4 Å². The summed E-state index contributed by atoms with van der Waals surface area (Å²) in [6.45, 7) is 3.09. The van der Waals surface area contributed by atoms with Crippen molar-refractivity contribution in [2.45, 2.75) is 44.7 Å². The number of halogens is 2. The Morgan fingerprint density at radius 2 is 1.96 bits per heavy atom. The van der Waals surface area contributed by atoms with Crippen LogP contribution in [0, 0.1) is 12.8 Å². The molecule has 144 valence electrons. The zero-order chi connectivity index (χ0) is 19.0. The fourth-order valence-electron chi connectivity index (χ4n) is 4.19. The maximum atomic E-state index is 13.6. The molecule has 2 atom stereocenters. The molecule has 0 aliphatic carbocycles. The molecule has 4 rings (SSSR count). The normalized spacial score (nSPS) is 23.2. The first-order chi connectivity index (χ1) is 13.0. The number of nitrogens with zero attached hydrogens (tertiary/aromatic N) is 4. The van der Waals surface area contributed by atoms with Gasteiger partial charge < -0.3 is 10.2 Å². The summed E-state index contributed by atoms with van der Waals surface area (Å²) in [5.74, 6) is 0.938. The van der Waals surface area contributed by atoms with Crippen molar-refractivity contribution in [2.75, 3.05) is 18.4 Å². The van der Waals surface area contributed by atoms with Gasteiger partial charge in [0.2, 0.25) is 0 Å². The SMILES string of the molecule is Cc1cc2n(n1)[C@@H](C(F)F)C[C@@H](C1CCN(C(=O)c3ccncc3)CC1)N2.